The molecule has 1 saturated carbocycles. The van der Waals surface area contributed by atoms with Gasteiger partial charge in [-0.25, -0.2) is 0 Å². The van der Waals surface area contributed by atoms with Crippen LogP contribution in [0.5, 0.6) is 0 Å². The number of carbonyl (C=O) groups excluding carboxylic acids is 2. The highest BCUT2D eigenvalue weighted by atomic mass is 35.5. The number of carbonyl (C=O) groups is 2. The van der Waals surface area contributed by atoms with Crippen molar-refractivity contribution in [3.8, 4) is 0 Å². The molecule has 3 aliphatic rings. The van der Waals surface area contributed by atoms with E-state index in [2.05, 4.69) is 0 Å². The zero-order valence-electron chi connectivity index (χ0n) is 20.0. The third kappa shape index (κ3) is 4.69. The lowest BCUT2D eigenvalue weighted by Gasteiger charge is -2.47. The fourth-order valence-corrected chi connectivity index (χ4v) is 5.95. The minimum Gasteiger partial charge on any atom is -0.365 e. The van der Waals surface area contributed by atoms with Gasteiger partial charge in [-0.1, -0.05) is 54.8 Å². The number of nitrogens with zero attached hydrogens (tertiary/aromatic N) is 4. The summed E-state index contributed by atoms with van der Waals surface area (Å²) in [7, 11) is 0. The molecule has 2 fully saturated rings. The highest BCUT2D eigenvalue weighted by molar-refractivity contribution is 6.30. The van der Waals surface area contributed by atoms with Gasteiger partial charge in [-0.2, -0.15) is 0 Å². The molecule has 0 radical (unpaired) electrons. The van der Waals surface area contributed by atoms with Gasteiger partial charge in [0.2, 0.25) is 0 Å². The normalized spacial score (nSPS) is 22.5. The van der Waals surface area contributed by atoms with Gasteiger partial charge in [0, 0.05) is 55.3 Å². The number of fused-ring (bicyclic) bond motifs is 1. The first-order valence-electron chi connectivity index (χ1n) is 12.5. The van der Waals surface area contributed by atoms with Crippen LogP contribution in [0.3, 0.4) is 0 Å². The predicted octanol–water partition coefficient (Wildman–Crippen LogP) is 4.19. The van der Waals surface area contributed by atoms with Gasteiger partial charge in [-0.15, -0.1) is 0 Å². The molecule has 2 amide bonds. The largest absolute Gasteiger partial charge is 0.365 e. The third-order valence-electron chi connectivity index (χ3n) is 7.56. The molecule has 0 N–H and O–H groups in total. The van der Waals surface area contributed by atoms with Crippen LogP contribution in [-0.4, -0.2) is 63.7 Å². The van der Waals surface area contributed by atoms with Crippen LogP contribution in [0.25, 0.3) is 0 Å². The van der Waals surface area contributed by atoms with Crippen LogP contribution < -0.4 is 0 Å². The lowest BCUT2D eigenvalue weighted by molar-refractivity contribution is -0.424. The van der Waals surface area contributed by atoms with E-state index in [0.717, 1.165) is 31.2 Å². The number of piperazine rings is 1. The molecule has 2 aromatic carbocycles. The van der Waals surface area contributed by atoms with Crippen LogP contribution in [0.1, 0.15) is 41.6 Å². The van der Waals surface area contributed by atoms with Crippen molar-refractivity contribution in [3.63, 3.8) is 0 Å². The van der Waals surface area contributed by atoms with Gasteiger partial charge in [-0.3, -0.25) is 19.7 Å². The van der Waals surface area contributed by atoms with E-state index in [0.29, 0.717) is 49.0 Å². The minimum atomic E-state index is -0.498. The summed E-state index contributed by atoms with van der Waals surface area (Å²) in [5.74, 6) is -0.653. The van der Waals surface area contributed by atoms with Crippen molar-refractivity contribution in [2.24, 2.45) is 5.92 Å². The molecule has 2 aliphatic heterocycles. The highest BCUT2D eigenvalue weighted by Gasteiger charge is 2.50. The molecule has 36 heavy (non-hydrogen) atoms. The molecule has 1 saturated heterocycles. The molecule has 0 bridgehead atoms. The van der Waals surface area contributed by atoms with Crippen molar-refractivity contribution < 1.29 is 14.5 Å². The molecule has 8 nitrogen and oxygen atoms in total. The van der Waals surface area contributed by atoms with Gasteiger partial charge in [0.05, 0.1) is 4.92 Å². The van der Waals surface area contributed by atoms with E-state index in [4.69, 9.17) is 11.6 Å². The summed E-state index contributed by atoms with van der Waals surface area (Å²) in [6, 6.07) is 16.4. The smallest absolute Gasteiger partial charge is 0.352 e. The summed E-state index contributed by atoms with van der Waals surface area (Å²) >= 11 is 5.95. The fraction of sp³-hybridized carbons (Fsp3) is 0.407. The first-order valence-corrected chi connectivity index (χ1v) is 12.8. The molecular weight excluding hydrogens is 480 g/mol. The van der Waals surface area contributed by atoms with E-state index >= 15 is 0 Å². The van der Waals surface area contributed by atoms with E-state index in [-0.39, 0.29) is 23.6 Å². The van der Waals surface area contributed by atoms with Gasteiger partial charge in [0.1, 0.15) is 5.70 Å². The lowest BCUT2D eigenvalue weighted by Crippen LogP contribution is -2.57. The maximum Gasteiger partial charge on any atom is 0.352 e. The van der Waals surface area contributed by atoms with Crippen molar-refractivity contribution in [2.45, 2.75) is 38.3 Å². The Morgan fingerprint density at radius 2 is 1.64 bits per heavy atom. The summed E-state index contributed by atoms with van der Waals surface area (Å²) in [5, 5.41) is 12.8. The van der Waals surface area contributed by atoms with Crippen LogP contribution in [0, 0.1) is 16.0 Å². The quantitative estimate of drug-likeness (QED) is 0.446. The topological polar surface area (TPSA) is 87.0 Å². The second-order valence-corrected chi connectivity index (χ2v) is 10.1. The predicted molar refractivity (Wildman–Crippen MR) is 136 cm³/mol. The van der Waals surface area contributed by atoms with Crippen molar-refractivity contribution in [2.75, 3.05) is 26.2 Å². The number of benzene rings is 2. The Hall–Kier alpha value is -3.39. The van der Waals surface area contributed by atoms with E-state index in [1.165, 1.54) is 0 Å². The van der Waals surface area contributed by atoms with Crippen molar-refractivity contribution >= 4 is 23.4 Å². The molecule has 9 heteroatoms. The summed E-state index contributed by atoms with van der Waals surface area (Å²) in [6.45, 7) is 2.17. The third-order valence-corrected chi connectivity index (χ3v) is 7.82. The van der Waals surface area contributed by atoms with Crippen LogP contribution in [0.4, 0.5) is 0 Å². The van der Waals surface area contributed by atoms with Gasteiger partial charge in [0.15, 0.2) is 0 Å². The van der Waals surface area contributed by atoms with Crippen LogP contribution in [0.15, 0.2) is 66.0 Å². The summed E-state index contributed by atoms with van der Waals surface area (Å²) in [4.78, 5) is 43.8. The van der Waals surface area contributed by atoms with Gasteiger partial charge in [0.25, 0.3) is 5.91 Å². The number of halogens is 1. The standard InChI is InChI=1S/C27H29ClN4O4/c28-21-12-10-20(11-13-21)26(33)30-16-14-29(15-17-30)24-22-8-4-5-9-23(22)31(27(34)25(24)32(35)36)18-19-6-2-1-3-7-19/h1-3,6-7,10-13,22-23H,4-5,8-9,14-18H2. The monoisotopic (exact) mass is 508 g/mol. The fourth-order valence-electron chi connectivity index (χ4n) is 5.83. The van der Waals surface area contributed by atoms with Crippen molar-refractivity contribution in [1.29, 1.82) is 0 Å². The molecule has 2 atom stereocenters. The number of hydrogen-bond acceptors (Lipinski definition) is 5. The van der Waals surface area contributed by atoms with Crippen molar-refractivity contribution in [3.05, 3.63) is 92.3 Å². The summed E-state index contributed by atoms with van der Waals surface area (Å²) in [5.41, 5.74) is 1.80. The molecule has 2 unspecified atom stereocenters. The molecule has 5 rings (SSSR count). The zero-order valence-corrected chi connectivity index (χ0v) is 20.8. The Balaban J connectivity index is 1.40. The minimum absolute atomic E-state index is 0.0566. The second kappa shape index (κ2) is 10.3. The first kappa shape index (κ1) is 24.3. The Kier molecular flexibility index (Phi) is 6.96. The Labute approximate surface area is 215 Å². The zero-order chi connectivity index (χ0) is 25.2. The van der Waals surface area contributed by atoms with Crippen LogP contribution in [-0.2, 0) is 11.3 Å². The Morgan fingerprint density at radius 3 is 2.31 bits per heavy atom. The molecule has 2 aromatic rings. The molecule has 2 heterocycles. The number of nitro groups is 1. The maximum absolute atomic E-state index is 13.6. The van der Waals surface area contributed by atoms with E-state index in [9.17, 15) is 19.7 Å². The Bertz CT molecular complexity index is 1180. The molecule has 0 spiro atoms. The first-order chi connectivity index (χ1) is 17.4. The van der Waals surface area contributed by atoms with Gasteiger partial charge < -0.3 is 14.7 Å². The summed E-state index contributed by atoms with van der Waals surface area (Å²) < 4.78 is 0. The van der Waals surface area contributed by atoms with Crippen LogP contribution >= 0.6 is 11.6 Å². The number of amides is 2. The maximum atomic E-state index is 13.6. The van der Waals surface area contributed by atoms with Crippen LogP contribution in [0.2, 0.25) is 5.02 Å². The lowest BCUT2D eigenvalue weighted by atomic mass is 9.77. The molecule has 188 valence electrons. The molecular formula is C27H29ClN4O4. The SMILES string of the molecule is O=C(c1ccc(Cl)cc1)N1CCN(C2=C([N+](=O)[O-])C(=O)N(Cc3ccccc3)C3CCCCC23)CC1. The molecule has 1 aliphatic carbocycles. The average molecular weight is 509 g/mol. The van der Waals surface area contributed by atoms with E-state index in [1.807, 2.05) is 35.2 Å². The average Bonchev–Trinajstić information content (AvgIpc) is 2.90. The van der Waals surface area contributed by atoms with E-state index in [1.54, 1.807) is 34.1 Å². The van der Waals surface area contributed by atoms with Gasteiger partial charge in [-0.05, 0) is 42.7 Å². The molecule has 0 aromatic heterocycles. The number of rotatable bonds is 5. The van der Waals surface area contributed by atoms with E-state index < -0.39 is 10.8 Å². The highest BCUT2D eigenvalue weighted by Crippen LogP contribution is 2.42. The Morgan fingerprint density at radius 1 is 0.972 bits per heavy atom. The van der Waals surface area contributed by atoms with Gasteiger partial charge >= 0.3 is 11.6 Å². The number of hydrogen-bond donors (Lipinski definition) is 0. The second-order valence-electron chi connectivity index (χ2n) is 9.65. The summed E-state index contributed by atoms with van der Waals surface area (Å²) in [6.07, 6.45) is 3.65. The van der Waals surface area contributed by atoms with Crippen molar-refractivity contribution in [1.82, 2.24) is 14.7 Å².